The lowest BCUT2D eigenvalue weighted by atomic mass is 10.0. The number of aryl methyl sites for hydroxylation is 1. The van der Waals surface area contributed by atoms with Gasteiger partial charge in [-0.15, -0.1) is 0 Å². The van der Waals surface area contributed by atoms with Gasteiger partial charge in [0.15, 0.2) is 0 Å². The van der Waals surface area contributed by atoms with Crippen LogP contribution in [-0.4, -0.2) is 15.0 Å². The Morgan fingerprint density at radius 3 is 2.95 bits per heavy atom. The summed E-state index contributed by atoms with van der Waals surface area (Å²) in [6.07, 6.45) is 2.51. The molecule has 1 aliphatic rings. The fourth-order valence-electron chi connectivity index (χ4n) is 2.70. The first-order valence-electron chi connectivity index (χ1n) is 6.44. The van der Waals surface area contributed by atoms with E-state index >= 15 is 0 Å². The molecule has 98 valence electrons. The third-order valence-corrected chi connectivity index (χ3v) is 3.62. The van der Waals surface area contributed by atoms with Crippen molar-refractivity contribution in [2.75, 3.05) is 11.1 Å². The second-order valence-corrected chi connectivity index (χ2v) is 5.17. The highest BCUT2D eigenvalue weighted by atomic mass is 15.2. The molecule has 0 aliphatic heterocycles. The van der Waals surface area contributed by atoms with Gasteiger partial charge in [0, 0.05) is 0 Å². The van der Waals surface area contributed by atoms with E-state index < -0.39 is 0 Å². The summed E-state index contributed by atoms with van der Waals surface area (Å²) in [5.41, 5.74) is 9.60. The van der Waals surface area contributed by atoms with Crippen molar-refractivity contribution in [3.8, 4) is 0 Å². The quantitative estimate of drug-likeness (QED) is 0.859. The summed E-state index contributed by atoms with van der Waals surface area (Å²) < 4.78 is 0. The Balaban J connectivity index is 1.92. The molecule has 3 rings (SSSR count). The van der Waals surface area contributed by atoms with Crippen molar-refractivity contribution in [2.45, 2.75) is 26.3 Å². The normalized spacial score (nSPS) is 21.2. The van der Waals surface area contributed by atoms with Crippen molar-refractivity contribution >= 4 is 11.9 Å². The van der Waals surface area contributed by atoms with E-state index in [4.69, 9.17) is 5.73 Å². The smallest absolute Gasteiger partial charge is 0.227 e. The number of fused-ring (bicyclic) bond motifs is 1. The van der Waals surface area contributed by atoms with Crippen molar-refractivity contribution < 1.29 is 0 Å². The molecule has 3 N–H and O–H groups in total. The van der Waals surface area contributed by atoms with Crippen LogP contribution in [0, 0.1) is 12.8 Å². The first-order chi connectivity index (χ1) is 9.13. The molecular formula is C14H17N5. The molecule has 5 nitrogen and oxygen atoms in total. The van der Waals surface area contributed by atoms with Crippen LogP contribution in [-0.2, 0) is 6.42 Å². The average Bonchev–Trinajstić information content (AvgIpc) is 2.66. The highest BCUT2D eigenvalue weighted by Crippen LogP contribution is 2.38. The molecule has 0 saturated heterocycles. The van der Waals surface area contributed by atoms with Gasteiger partial charge in [0.1, 0.15) is 6.33 Å². The zero-order chi connectivity index (χ0) is 13.4. The maximum Gasteiger partial charge on any atom is 0.227 e. The average molecular weight is 255 g/mol. The van der Waals surface area contributed by atoms with E-state index in [2.05, 4.69) is 52.3 Å². The second-order valence-electron chi connectivity index (χ2n) is 5.17. The molecule has 2 atom stereocenters. The van der Waals surface area contributed by atoms with Crippen LogP contribution < -0.4 is 11.1 Å². The summed E-state index contributed by atoms with van der Waals surface area (Å²) in [6, 6.07) is 6.84. The number of nitrogens with zero attached hydrogens (tertiary/aromatic N) is 3. The summed E-state index contributed by atoms with van der Waals surface area (Å²) in [7, 11) is 0. The number of nitrogen functional groups attached to an aromatic ring is 1. The van der Waals surface area contributed by atoms with Gasteiger partial charge in [-0.2, -0.15) is 4.98 Å². The highest BCUT2D eigenvalue weighted by Gasteiger charge is 2.29. The maximum absolute atomic E-state index is 5.58. The molecular weight excluding hydrogens is 238 g/mol. The van der Waals surface area contributed by atoms with E-state index in [1.165, 1.54) is 23.0 Å². The van der Waals surface area contributed by atoms with Crippen molar-refractivity contribution in [1.82, 2.24) is 15.0 Å². The van der Waals surface area contributed by atoms with Gasteiger partial charge in [-0.05, 0) is 30.4 Å². The van der Waals surface area contributed by atoms with Crippen LogP contribution in [0.5, 0.6) is 0 Å². The number of aromatic nitrogens is 3. The van der Waals surface area contributed by atoms with Crippen molar-refractivity contribution in [3.63, 3.8) is 0 Å². The van der Waals surface area contributed by atoms with E-state index in [0.29, 0.717) is 11.9 Å². The number of hydrogen-bond donors (Lipinski definition) is 2. The van der Waals surface area contributed by atoms with Gasteiger partial charge in [-0.1, -0.05) is 30.7 Å². The summed E-state index contributed by atoms with van der Waals surface area (Å²) in [5.74, 6) is 1.29. The Kier molecular flexibility index (Phi) is 2.81. The molecule has 1 aliphatic carbocycles. The highest BCUT2D eigenvalue weighted by molar-refractivity contribution is 5.44. The monoisotopic (exact) mass is 255 g/mol. The van der Waals surface area contributed by atoms with E-state index in [0.717, 1.165) is 6.42 Å². The minimum Gasteiger partial charge on any atom is -0.368 e. The Morgan fingerprint density at radius 1 is 1.32 bits per heavy atom. The fraction of sp³-hybridized carbons (Fsp3) is 0.357. The fourth-order valence-corrected chi connectivity index (χ4v) is 2.70. The minimum absolute atomic E-state index is 0.233. The molecule has 0 saturated carbocycles. The minimum atomic E-state index is 0.233. The summed E-state index contributed by atoms with van der Waals surface area (Å²) in [6.45, 7) is 4.35. The van der Waals surface area contributed by atoms with E-state index in [-0.39, 0.29) is 12.0 Å². The van der Waals surface area contributed by atoms with Gasteiger partial charge in [0.25, 0.3) is 0 Å². The topological polar surface area (TPSA) is 76.7 Å². The molecule has 0 spiro atoms. The molecule has 1 aromatic heterocycles. The second kappa shape index (κ2) is 4.50. The molecule has 0 fully saturated rings. The van der Waals surface area contributed by atoms with Crippen LogP contribution >= 0.6 is 0 Å². The predicted octanol–water partition coefficient (Wildman–Crippen LogP) is 2.11. The van der Waals surface area contributed by atoms with Crippen LogP contribution in [0.2, 0.25) is 0 Å². The van der Waals surface area contributed by atoms with Gasteiger partial charge in [-0.25, -0.2) is 9.97 Å². The maximum atomic E-state index is 5.58. The van der Waals surface area contributed by atoms with E-state index in [1.807, 2.05) is 0 Å². The Morgan fingerprint density at radius 2 is 2.16 bits per heavy atom. The van der Waals surface area contributed by atoms with Crippen molar-refractivity contribution in [1.29, 1.82) is 0 Å². The number of benzene rings is 1. The van der Waals surface area contributed by atoms with Crippen LogP contribution in [0.3, 0.4) is 0 Å². The lowest BCUT2D eigenvalue weighted by Crippen LogP contribution is -2.16. The van der Waals surface area contributed by atoms with E-state index in [9.17, 15) is 0 Å². The largest absolute Gasteiger partial charge is 0.368 e. The Labute approximate surface area is 112 Å². The molecule has 5 heteroatoms. The summed E-state index contributed by atoms with van der Waals surface area (Å²) in [5, 5.41) is 3.37. The lowest BCUT2D eigenvalue weighted by Gasteiger charge is -2.18. The van der Waals surface area contributed by atoms with Gasteiger partial charge in [0.2, 0.25) is 11.9 Å². The molecule has 0 bridgehead atoms. The van der Waals surface area contributed by atoms with Crippen LogP contribution in [0.4, 0.5) is 11.9 Å². The Hall–Kier alpha value is -2.17. The summed E-state index contributed by atoms with van der Waals surface area (Å²) in [4.78, 5) is 12.0. The van der Waals surface area contributed by atoms with Crippen molar-refractivity contribution in [2.24, 2.45) is 5.92 Å². The molecule has 2 aromatic rings. The number of rotatable bonds is 2. The first-order valence-corrected chi connectivity index (χ1v) is 6.44. The number of nitrogens with one attached hydrogen (secondary N) is 1. The lowest BCUT2D eigenvalue weighted by molar-refractivity contribution is 0.538. The predicted molar refractivity (Wildman–Crippen MR) is 74.7 cm³/mol. The molecule has 0 radical (unpaired) electrons. The van der Waals surface area contributed by atoms with Gasteiger partial charge < -0.3 is 11.1 Å². The molecule has 19 heavy (non-hydrogen) atoms. The van der Waals surface area contributed by atoms with Crippen LogP contribution in [0.1, 0.15) is 29.7 Å². The van der Waals surface area contributed by atoms with Gasteiger partial charge in [0.05, 0.1) is 6.04 Å². The molecule has 1 aromatic carbocycles. The number of hydrogen-bond acceptors (Lipinski definition) is 5. The van der Waals surface area contributed by atoms with Crippen LogP contribution in [0.15, 0.2) is 24.5 Å². The first kappa shape index (κ1) is 11.9. The SMILES string of the molecule is Cc1ccc2c(c1)[C@H](Nc1ncnc(N)n1)[C@H](C)C2. The number of anilines is 2. The molecule has 1 heterocycles. The zero-order valence-corrected chi connectivity index (χ0v) is 11.1. The van der Waals surface area contributed by atoms with Gasteiger partial charge >= 0.3 is 0 Å². The third kappa shape index (κ3) is 2.23. The Bertz CT molecular complexity index is 611. The van der Waals surface area contributed by atoms with Crippen molar-refractivity contribution in [3.05, 3.63) is 41.2 Å². The summed E-state index contributed by atoms with van der Waals surface area (Å²) >= 11 is 0. The third-order valence-electron chi connectivity index (χ3n) is 3.62. The van der Waals surface area contributed by atoms with Gasteiger partial charge in [-0.3, -0.25) is 0 Å². The molecule has 0 unspecified atom stereocenters. The standard InChI is InChI=1S/C14H17N5/c1-8-3-4-10-6-9(2)12(11(10)5-8)18-14-17-7-16-13(15)19-14/h3-5,7,9,12H,6H2,1-2H3,(H3,15,16,17,18,19)/t9-,12-/m1/s1. The van der Waals surface area contributed by atoms with E-state index in [1.54, 1.807) is 0 Å². The molecule has 0 amide bonds. The zero-order valence-electron chi connectivity index (χ0n) is 11.1. The van der Waals surface area contributed by atoms with Crippen LogP contribution in [0.25, 0.3) is 0 Å². The number of nitrogens with two attached hydrogens (primary N) is 1.